The molecule has 7 heteroatoms. The van der Waals surface area contributed by atoms with Crippen molar-refractivity contribution in [2.75, 3.05) is 24.5 Å². The molecule has 0 N–H and O–H groups in total. The fourth-order valence-electron chi connectivity index (χ4n) is 3.44. The number of thioether (sulfide) groups is 1. The highest BCUT2D eigenvalue weighted by Gasteiger charge is 2.35. The standard InChI is InChI=1S/C21H20ClN3O2S/c22-16-10-4-5-11-17(16)25-18(26)14-23-21(25)28-19(15-8-2-1-3-9-15)20(27)24-12-6-7-13-24/h1-5,8-11,19H,6-7,12-14H2/t19-/m1/s1. The second-order valence-electron chi connectivity index (χ2n) is 6.72. The van der Waals surface area contributed by atoms with Crippen molar-refractivity contribution in [1.82, 2.24) is 4.90 Å². The van der Waals surface area contributed by atoms with Crippen molar-refractivity contribution in [3.8, 4) is 0 Å². The van der Waals surface area contributed by atoms with Crippen LogP contribution in [0.4, 0.5) is 5.69 Å². The number of benzene rings is 2. The molecule has 0 unspecified atom stereocenters. The maximum atomic E-state index is 13.2. The van der Waals surface area contributed by atoms with Crippen LogP contribution in [0.1, 0.15) is 23.7 Å². The summed E-state index contributed by atoms with van der Waals surface area (Å²) < 4.78 is 0. The summed E-state index contributed by atoms with van der Waals surface area (Å²) in [6.07, 6.45) is 2.06. The zero-order valence-electron chi connectivity index (χ0n) is 15.3. The van der Waals surface area contributed by atoms with Crippen LogP contribution in [0.15, 0.2) is 59.6 Å². The Balaban J connectivity index is 1.65. The molecular formula is C21H20ClN3O2S. The molecule has 0 saturated carbocycles. The molecule has 1 fully saturated rings. The van der Waals surface area contributed by atoms with Crippen LogP contribution in [0.3, 0.4) is 0 Å². The molecule has 144 valence electrons. The molecule has 0 aromatic heterocycles. The summed E-state index contributed by atoms with van der Waals surface area (Å²) in [5, 5.41) is 0.543. The van der Waals surface area contributed by atoms with Gasteiger partial charge in [-0.3, -0.25) is 19.5 Å². The number of nitrogens with zero attached hydrogens (tertiary/aromatic N) is 3. The summed E-state index contributed by atoms with van der Waals surface area (Å²) in [6, 6.07) is 16.9. The molecule has 0 bridgehead atoms. The predicted molar refractivity (Wildman–Crippen MR) is 114 cm³/mol. The highest BCUT2D eigenvalue weighted by Crippen LogP contribution is 2.38. The molecule has 28 heavy (non-hydrogen) atoms. The molecule has 0 spiro atoms. The minimum atomic E-state index is -0.450. The number of hydrogen-bond acceptors (Lipinski definition) is 4. The van der Waals surface area contributed by atoms with E-state index in [0.29, 0.717) is 15.9 Å². The lowest BCUT2D eigenvalue weighted by atomic mass is 10.1. The first-order chi connectivity index (χ1) is 13.6. The largest absolute Gasteiger partial charge is 0.341 e. The van der Waals surface area contributed by atoms with Crippen LogP contribution in [0.25, 0.3) is 0 Å². The van der Waals surface area contributed by atoms with E-state index in [1.165, 1.54) is 16.7 Å². The van der Waals surface area contributed by atoms with E-state index in [2.05, 4.69) is 4.99 Å². The number of para-hydroxylation sites is 1. The number of carbonyl (C=O) groups excluding carboxylic acids is 2. The number of anilines is 1. The fraction of sp³-hybridized carbons (Fsp3) is 0.286. The van der Waals surface area contributed by atoms with Crippen LogP contribution in [-0.4, -0.2) is 41.5 Å². The van der Waals surface area contributed by atoms with Gasteiger partial charge in [-0.1, -0.05) is 65.8 Å². The molecule has 4 rings (SSSR count). The summed E-state index contributed by atoms with van der Waals surface area (Å²) in [6.45, 7) is 1.62. The van der Waals surface area contributed by atoms with E-state index < -0.39 is 5.25 Å². The van der Waals surface area contributed by atoms with E-state index in [1.807, 2.05) is 47.4 Å². The number of carbonyl (C=O) groups is 2. The molecule has 1 atom stereocenters. The molecule has 2 heterocycles. The average molecular weight is 414 g/mol. The Labute approximate surface area is 173 Å². The van der Waals surface area contributed by atoms with Crippen molar-refractivity contribution < 1.29 is 9.59 Å². The second kappa shape index (κ2) is 8.37. The molecule has 1 saturated heterocycles. The van der Waals surface area contributed by atoms with Gasteiger partial charge in [-0.05, 0) is 30.5 Å². The van der Waals surface area contributed by atoms with E-state index >= 15 is 0 Å². The minimum Gasteiger partial charge on any atom is -0.341 e. The first-order valence-electron chi connectivity index (χ1n) is 9.27. The average Bonchev–Trinajstić information content (AvgIpc) is 3.37. The zero-order chi connectivity index (χ0) is 19.5. The topological polar surface area (TPSA) is 53.0 Å². The molecule has 2 aliphatic heterocycles. The molecule has 0 radical (unpaired) electrons. The van der Waals surface area contributed by atoms with Crippen LogP contribution in [0.2, 0.25) is 5.02 Å². The van der Waals surface area contributed by atoms with Gasteiger partial charge in [-0.25, -0.2) is 0 Å². The SMILES string of the molecule is O=C([C@H](SC1=NCC(=O)N1c1ccccc1Cl)c1ccccc1)N1CCCC1. The number of likely N-dealkylation sites (tertiary alicyclic amines) is 1. The lowest BCUT2D eigenvalue weighted by molar-refractivity contribution is -0.129. The monoisotopic (exact) mass is 413 g/mol. The molecule has 2 aromatic rings. The van der Waals surface area contributed by atoms with Crippen molar-refractivity contribution in [1.29, 1.82) is 0 Å². The van der Waals surface area contributed by atoms with Crippen molar-refractivity contribution in [3.63, 3.8) is 0 Å². The lowest BCUT2D eigenvalue weighted by Gasteiger charge is -2.26. The summed E-state index contributed by atoms with van der Waals surface area (Å²) in [7, 11) is 0. The number of aliphatic imine (C=N–C) groups is 1. The third-order valence-corrected chi connectivity index (χ3v) is 6.40. The van der Waals surface area contributed by atoms with Gasteiger partial charge in [-0.2, -0.15) is 0 Å². The number of amides is 2. The Bertz CT molecular complexity index is 913. The summed E-state index contributed by atoms with van der Waals surface area (Å²) in [5.41, 5.74) is 1.50. The van der Waals surface area contributed by atoms with Gasteiger partial charge < -0.3 is 4.90 Å². The summed E-state index contributed by atoms with van der Waals surface area (Å²) >= 11 is 7.64. The van der Waals surface area contributed by atoms with Crippen LogP contribution < -0.4 is 4.90 Å². The van der Waals surface area contributed by atoms with E-state index in [9.17, 15) is 9.59 Å². The van der Waals surface area contributed by atoms with Crippen LogP contribution in [-0.2, 0) is 9.59 Å². The maximum Gasteiger partial charge on any atom is 0.254 e. The molecular weight excluding hydrogens is 394 g/mol. The minimum absolute atomic E-state index is 0.0625. The Morgan fingerprint density at radius 2 is 1.71 bits per heavy atom. The van der Waals surface area contributed by atoms with Gasteiger partial charge in [0.15, 0.2) is 5.17 Å². The third-order valence-electron chi connectivity index (χ3n) is 4.85. The number of halogens is 1. The fourth-order valence-corrected chi connectivity index (χ4v) is 4.86. The number of rotatable bonds is 4. The molecule has 2 aliphatic rings. The van der Waals surface area contributed by atoms with Gasteiger partial charge >= 0.3 is 0 Å². The normalized spacial score (nSPS) is 17.8. The highest BCUT2D eigenvalue weighted by atomic mass is 35.5. The smallest absolute Gasteiger partial charge is 0.254 e. The van der Waals surface area contributed by atoms with Gasteiger partial charge in [0.2, 0.25) is 5.91 Å². The Morgan fingerprint density at radius 1 is 1.04 bits per heavy atom. The van der Waals surface area contributed by atoms with E-state index in [1.54, 1.807) is 12.1 Å². The van der Waals surface area contributed by atoms with E-state index in [0.717, 1.165) is 31.5 Å². The van der Waals surface area contributed by atoms with Crippen molar-refractivity contribution in [2.45, 2.75) is 18.1 Å². The summed E-state index contributed by atoms with van der Waals surface area (Å²) in [4.78, 5) is 33.6. The summed E-state index contributed by atoms with van der Waals surface area (Å²) in [5.74, 6) is -0.0779. The Kier molecular flexibility index (Phi) is 5.69. The number of hydrogen-bond donors (Lipinski definition) is 0. The van der Waals surface area contributed by atoms with Gasteiger partial charge in [0, 0.05) is 13.1 Å². The van der Waals surface area contributed by atoms with Crippen LogP contribution in [0, 0.1) is 0 Å². The second-order valence-corrected chi connectivity index (χ2v) is 8.20. The van der Waals surface area contributed by atoms with Gasteiger partial charge in [0.25, 0.3) is 5.91 Å². The quantitative estimate of drug-likeness (QED) is 0.756. The van der Waals surface area contributed by atoms with Crippen LogP contribution in [0.5, 0.6) is 0 Å². The van der Waals surface area contributed by atoms with Gasteiger partial charge in [0.1, 0.15) is 11.8 Å². The van der Waals surface area contributed by atoms with E-state index in [-0.39, 0.29) is 18.4 Å². The molecule has 2 amide bonds. The highest BCUT2D eigenvalue weighted by molar-refractivity contribution is 8.15. The number of amidine groups is 1. The Hall–Kier alpha value is -2.31. The van der Waals surface area contributed by atoms with Gasteiger partial charge in [-0.15, -0.1) is 0 Å². The van der Waals surface area contributed by atoms with Crippen molar-refractivity contribution in [3.05, 3.63) is 65.2 Å². The van der Waals surface area contributed by atoms with Crippen LogP contribution >= 0.6 is 23.4 Å². The van der Waals surface area contributed by atoms with Crippen molar-refractivity contribution in [2.24, 2.45) is 4.99 Å². The molecule has 5 nitrogen and oxygen atoms in total. The maximum absolute atomic E-state index is 13.2. The first kappa shape index (κ1) is 19.0. The third kappa shape index (κ3) is 3.80. The molecule has 2 aromatic carbocycles. The predicted octanol–water partition coefficient (Wildman–Crippen LogP) is 4.14. The van der Waals surface area contributed by atoms with Gasteiger partial charge in [0.05, 0.1) is 10.7 Å². The Morgan fingerprint density at radius 3 is 2.43 bits per heavy atom. The van der Waals surface area contributed by atoms with E-state index in [4.69, 9.17) is 11.6 Å². The zero-order valence-corrected chi connectivity index (χ0v) is 16.8. The van der Waals surface area contributed by atoms with Crippen molar-refractivity contribution >= 4 is 46.0 Å². The molecule has 0 aliphatic carbocycles. The lowest BCUT2D eigenvalue weighted by Crippen LogP contribution is -2.35. The first-order valence-corrected chi connectivity index (χ1v) is 10.5.